The fourth-order valence-corrected chi connectivity index (χ4v) is 2.44. The van der Waals surface area contributed by atoms with Crippen LogP contribution in [0.15, 0.2) is 24.7 Å². The van der Waals surface area contributed by atoms with Gasteiger partial charge in [-0.1, -0.05) is 6.07 Å². The second-order valence-corrected chi connectivity index (χ2v) is 5.08. The molecule has 1 aliphatic heterocycles. The van der Waals surface area contributed by atoms with E-state index < -0.39 is 5.97 Å². The van der Waals surface area contributed by atoms with Gasteiger partial charge in [0.2, 0.25) is 0 Å². The van der Waals surface area contributed by atoms with Crippen molar-refractivity contribution in [2.45, 2.75) is 25.8 Å². The van der Waals surface area contributed by atoms with Gasteiger partial charge in [-0.2, -0.15) is 0 Å². The Morgan fingerprint density at radius 2 is 2.38 bits per heavy atom. The first-order valence-electron chi connectivity index (χ1n) is 7.09. The number of esters is 1. The molecule has 110 valence electrons. The van der Waals surface area contributed by atoms with E-state index in [2.05, 4.69) is 32.2 Å². The minimum Gasteiger partial charge on any atom is -0.464 e. The average Bonchev–Trinajstić information content (AvgIpc) is 3.01. The number of hydrogen-bond donors (Lipinski definition) is 1. The molecule has 1 N–H and O–H groups in total. The van der Waals surface area contributed by atoms with E-state index in [0.29, 0.717) is 5.69 Å². The molecule has 6 nitrogen and oxygen atoms in total. The van der Waals surface area contributed by atoms with Crippen LogP contribution in [0, 0.1) is 0 Å². The van der Waals surface area contributed by atoms with Crippen molar-refractivity contribution in [2.24, 2.45) is 0 Å². The van der Waals surface area contributed by atoms with Crippen LogP contribution >= 0.6 is 0 Å². The fraction of sp³-hybridized carbons (Fsp3) is 0.400. The number of ether oxygens (including phenoxy) is 1. The largest absolute Gasteiger partial charge is 0.464 e. The molecule has 0 radical (unpaired) electrons. The molecule has 0 spiro atoms. The number of nitrogens with one attached hydrogen (secondary N) is 1. The predicted octanol–water partition coefficient (Wildman–Crippen LogP) is 1.67. The Hall–Kier alpha value is -2.37. The van der Waals surface area contributed by atoms with Gasteiger partial charge in [0.1, 0.15) is 5.82 Å². The summed E-state index contributed by atoms with van der Waals surface area (Å²) in [5.74, 6) is 0.601. The molecule has 2 aromatic heterocycles. The van der Waals surface area contributed by atoms with E-state index in [1.54, 1.807) is 12.5 Å². The van der Waals surface area contributed by atoms with Gasteiger partial charge < -0.3 is 14.6 Å². The third kappa shape index (κ3) is 3.04. The van der Waals surface area contributed by atoms with E-state index >= 15 is 0 Å². The van der Waals surface area contributed by atoms with Crippen LogP contribution in [0.5, 0.6) is 0 Å². The lowest BCUT2D eigenvalue weighted by molar-refractivity contribution is 0.0594. The fourth-order valence-electron chi connectivity index (χ4n) is 2.44. The summed E-state index contributed by atoms with van der Waals surface area (Å²) in [6.45, 7) is 1.73. The van der Waals surface area contributed by atoms with Crippen molar-refractivity contribution >= 4 is 11.8 Å². The molecule has 2 aromatic rings. The van der Waals surface area contributed by atoms with Crippen LogP contribution in [0.25, 0.3) is 0 Å². The standard InChI is InChI=1S/C15H18N4O2/c1-21-15(20)13-9-19(10-17-13)8-6-12-5-4-11-3-2-7-16-14(11)18-12/h4-5,9-10H,2-3,6-8H2,1H3,(H,16,18). The lowest BCUT2D eigenvalue weighted by atomic mass is 10.1. The van der Waals surface area contributed by atoms with E-state index in [-0.39, 0.29) is 0 Å². The Bertz CT molecular complexity index is 651. The number of anilines is 1. The van der Waals surface area contributed by atoms with E-state index in [9.17, 15) is 4.79 Å². The zero-order valence-electron chi connectivity index (χ0n) is 12.0. The summed E-state index contributed by atoms with van der Waals surface area (Å²) in [5.41, 5.74) is 2.66. The van der Waals surface area contributed by atoms with Crippen molar-refractivity contribution in [1.82, 2.24) is 14.5 Å². The van der Waals surface area contributed by atoms with Crippen LogP contribution in [-0.2, 0) is 24.1 Å². The summed E-state index contributed by atoms with van der Waals surface area (Å²) >= 11 is 0. The number of imidazole rings is 1. The maximum Gasteiger partial charge on any atom is 0.358 e. The van der Waals surface area contributed by atoms with Gasteiger partial charge in [0.25, 0.3) is 0 Å². The molecule has 3 heterocycles. The molecule has 0 saturated heterocycles. The molecule has 0 amide bonds. The number of aromatic nitrogens is 3. The summed E-state index contributed by atoms with van der Waals surface area (Å²) in [7, 11) is 1.35. The van der Waals surface area contributed by atoms with E-state index in [0.717, 1.165) is 37.4 Å². The quantitative estimate of drug-likeness (QED) is 0.866. The first-order chi connectivity index (χ1) is 10.3. The number of hydrogen-bond acceptors (Lipinski definition) is 5. The number of methoxy groups -OCH3 is 1. The van der Waals surface area contributed by atoms with E-state index in [1.165, 1.54) is 19.1 Å². The molecule has 3 rings (SSSR count). The molecule has 21 heavy (non-hydrogen) atoms. The normalized spacial score (nSPS) is 13.4. The van der Waals surface area contributed by atoms with Crippen LogP contribution in [0.2, 0.25) is 0 Å². The van der Waals surface area contributed by atoms with Gasteiger partial charge in [-0.05, 0) is 24.5 Å². The highest BCUT2D eigenvalue weighted by atomic mass is 16.5. The first kappa shape index (κ1) is 13.6. The summed E-state index contributed by atoms with van der Waals surface area (Å²) in [4.78, 5) is 20.0. The topological polar surface area (TPSA) is 69.0 Å². The number of aryl methyl sites for hydroxylation is 3. The smallest absolute Gasteiger partial charge is 0.358 e. The zero-order valence-corrected chi connectivity index (χ0v) is 12.0. The van der Waals surface area contributed by atoms with Crippen molar-refractivity contribution in [3.63, 3.8) is 0 Å². The number of carbonyl (C=O) groups excluding carboxylic acids is 1. The summed E-state index contributed by atoms with van der Waals surface area (Å²) in [6.07, 6.45) is 6.40. The third-order valence-electron chi connectivity index (χ3n) is 3.61. The highest BCUT2D eigenvalue weighted by Gasteiger charge is 2.11. The summed E-state index contributed by atoms with van der Waals surface area (Å²) < 4.78 is 6.52. The average molecular weight is 286 g/mol. The van der Waals surface area contributed by atoms with Gasteiger partial charge in [0, 0.05) is 31.4 Å². The minimum absolute atomic E-state index is 0.331. The van der Waals surface area contributed by atoms with Crippen molar-refractivity contribution in [3.05, 3.63) is 41.6 Å². The number of rotatable bonds is 4. The number of carbonyl (C=O) groups is 1. The van der Waals surface area contributed by atoms with E-state index in [4.69, 9.17) is 0 Å². The SMILES string of the molecule is COC(=O)c1cn(CCc2ccc3c(n2)NCCC3)cn1. The molecule has 6 heteroatoms. The summed E-state index contributed by atoms with van der Waals surface area (Å²) in [5, 5.41) is 3.34. The molecule has 0 unspecified atom stereocenters. The molecular formula is C15H18N4O2. The second kappa shape index (κ2) is 5.95. The van der Waals surface area contributed by atoms with Crippen molar-refractivity contribution in [1.29, 1.82) is 0 Å². The second-order valence-electron chi connectivity index (χ2n) is 5.08. The Labute approximate surface area is 123 Å². The minimum atomic E-state index is -0.412. The van der Waals surface area contributed by atoms with Crippen molar-refractivity contribution in [2.75, 3.05) is 19.0 Å². The highest BCUT2D eigenvalue weighted by molar-refractivity contribution is 5.86. The maximum absolute atomic E-state index is 11.3. The van der Waals surface area contributed by atoms with Crippen LogP contribution in [0.3, 0.4) is 0 Å². The van der Waals surface area contributed by atoms with Crippen molar-refractivity contribution < 1.29 is 9.53 Å². The molecule has 0 aromatic carbocycles. The highest BCUT2D eigenvalue weighted by Crippen LogP contribution is 2.19. The van der Waals surface area contributed by atoms with Crippen LogP contribution in [-0.4, -0.2) is 34.2 Å². The van der Waals surface area contributed by atoms with Crippen LogP contribution in [0.1, 0.15) is 28.2 Å². The van der Waals surface area contributed by atoms with E-state index in [1.807, 2.05) is 4.57 Å². The first-order valence-corrected chi connectivity index (χ1v) is 7.09. The zero-order chi connectivity index (χ0) is 14.7. The Morgan fingerprint density at radius 1 is 1.48 bits per heavy atom. The maximum atomic E-state index is 11.3. The summed E-state index contributed by atoms with van der Waals surface area (Å²) in [6, 6.07) is 4.22. The Balaban J connectivity index is 1.65. The molecule has 0 fully saturated rings. The molecule has 0 aliphatic carbocycles. The molecule has 0 atom stereocenters. The van der Waals surface area contributed by atoms with Gasteiger partial charge in [-0.25, -0.2) is 14.8 Å². The van der Waals surface area contributed by atoms with Gasteiger partial charge in [-0.3, -0.25) is 0 Å². The lowest BCUT2D eigenvalue weighted by Gasteiger charge is -2.17. The number of fused-ring (bicyclic) bond motifs is 1. The van der Waals surface area contributed by atoms with Crippen molar-refractivity contribution in [3.8, 4) is 0 Å². The molecule has 0 saturated carbocycles. The molecule has 0 bridgehead atoms. The third-order valence-corrected chi connectivity index (χ3v) is 3.61. The number of nitrogens with zero attached hydrogens (tertiary/aromatic N) is 3. The monoisotopic (exact) mass is 286 g/mol. The van der Waals surface area contributed by atoms with Gasteiger partial charge >= 0.3 is 5.97 Å². The van der Waals surface area contributed by atoms with Crippen LogP contribution < -0.4 is 5.32 Å². The predicted molar refractivity (Wildman–Crippen MR) is 78.3 cm³/mol. The van der Waals surface area contributed by atoms with Gasteiger partial charge in [-0.15, -0.1) is 0 Å². The van der Waals surface area contributed by atoms with Gasteiger partial charge in [0.05, 0.1) is 13.4 Å². The van der Waals surface area contributed by atoms with Crippen LogP contribution in [0.4, 0.5) is 5.82 Å². The molecule has 1 aliphatic rings. The molecular weight excluding hydrogens is 268 g/mol. The Morgan fingerprint density at radius 3 is 3.24 bits per heavy atom. The van der Waals surface area contributed by atoms with Gasteiger partial charge in [0.15, 0.2) is 5.69 Å². The Kier molecular flexibility index (Phi) is 3.85. The number of pyridine rings is 1. The lowest BCUT2D eigenvalue weighted by Crippen LogP contribution is -2.14.